The number of nitrogens with one attached hydrogen (secondary N) is 2. The number of halogens is 1. The Bertz CT molecular complexity index is 706. The molecule has 108 valence electrons. The second-order valence-electron chi connectivity index (χ2n) is 4.03. The maximum absolute atomic E-state index is 12.2. The van der Waals surface area contributed by atoms with Gasteiger partial charge < -0.3 is 10.6 Å². The van der Waals surface area contributed by atoms with E-state index in [9.17, 15) is 14.9 Å². The minimum absolute atomic E-state index is 0.0979. The molecule has 1 aromatic carbocycles. The van der Waals surface area contributed by atoms with Gasteiger partial charge in [-0.15, -0.1) is 0 Å². The van der Waals surface area contributed by atoms with Gasteiger partial charge >= 0.3 is 0 Å². The number of nitrogens with zero attached hydrogens (tertiary/aromatic N) is 2. The van der Waals surface area contributed by atoms with Crippen LogP contribution in [0.3, 0.4) is 0 Å². The summed E-state index contributed by atoms with van der Waals surface area (Å²) in [6, 6.07) is 7.93. The van der Waals surface area contributed by atoms with Crippen LogP contribution in [0.25, 0.3) is 0 Å². The molecule has 21 heavy (non-hydrogen) atoms. The molecule has 0 saturated heterocycles. The Morgan fingerprint density at radius 1 is 1.38 bits per heavy atom. The molecular weight excluding hydrogens is 296 g/mol. The predicted octanol–water partition coefficient (Wildman–Crippen LogP) is 2.94. The molecule has 1 heterocycles. The van der Waals surface area contributed by atoms with E-state index in [-0.39, 0.29) is 11.3 Å². The number of hydrogen-bond acceptors (Lipinski definition) is 5. The van der Waals surface area contributed by atoms with Crippen LogP contribution in [0.5, 0.6) is 0 Å². The highest BCUT2D eigenvalue weighted by Crippen LogP contribution is 2.24. The number of para-hydroxylation sites is 1. The number of aromatic nitrogens is 1. The maximum atomic E-state index is 12.2. The first-order chi connectivity index (χ1) is 10.0. The molecule has 2 N–H and O–H groups in total. The molecule has 0 bridgehead atoms. The van der Waals surface area contributed by atoms with E-state index in [1.165, 1.54) is 6.07 Å². The molecule has 1 aromatic heterocycles. The zero-order valence-corrected chi connectivity index (χ0v) is 11.7. The van der Waals surface area contributed by atoms with Crippen molar-refractivity contribution in [2.24, 2.45) is 0 Å². The monoisotopic (exact) mass is 306 g/mol. The van der Waals surface area contributed by atoms with E-state index in [2.05, 4.69) is 15.6 Å². The summed E-state index contributed by atoms with van der Waals surface area (Å²) in [6.45, 7) is 0. The summed E-state index contributed by atoms with van der Waals surface area (Å²) in [7, 11) is 1.60. The van der Waals surface area contributed by atoms with Crippen molar-refractivity contribution in [3.05, 3.63) is 57.2 Å². The Balaban J connectivity index is 2.38. The van der Waals surface area contributed by atoms with Gasteiger partial charge in [-0.25, -0.2) is 4.98 Å². The summed E-state index contributed by atoms with van der Waals surface area (Å²) in [4.78, 5) is 26.4. The van der Waals surface area contributed by atoms with Gasteiger partial charge in [0.25, 0.3) is 11.6 Å². The lowest BCUT2D eigenvalue weighted by atomic mass is 10.2. The van der Waals surface area contributed by atoms with Crippen LogP contribution in [0.2, 0.25) is 5.02 Å². The van der Waals surface area contributed by atoms with Crippen LogP contribution in [-0.4, -0.2) is 22.9 Å². The van der Waals surface area contributed by atoms with Crippen molar-refractivity contribution in [1.29, 1.82) is 0 Å². The lowest BCUT2D eigenvalue weighted by molar-refractivity contribution is -0.385. The predicted molar refractivity (Wildman–Crippen MR) is 79.8 cm³/mol. The van der Waals surface area contributed by atoms with Crippen molar-refractivity contribution in [3.8, 4) is 0 Å². The third kappa shape index (κ3) is 3.26. The number of nitro groups is 1. The smallest absolute Gasteiger partial charge is 0.300 e. The summed E-state index contributed by atoms with van der Waals surface area (Å²) in [6.07, 6.45) is 1.04. The molecule has 2 rings (SSSR count). The fraction of sp³-hybridized carbons (Fsp3) is 0.0769. The zero-order chi connectivity index (χ0) is 15.4. The van der Waals surface area contributed by atoms with Crippen LogP contribution in [0.15, 0.2) is 36.5 Å². The molecule has 0 unspecified atom stereocenters. The first-order valence-electron chi connectivity index (χ1n) is 5.91. The number of hydrogen-bond donors (Lipinski definition) is 2. The summed E-state index contributed by atoms with van der Waals surface area (Å²) in [5.41, 5.74) is -0.0980. The Kier molecular flexibility index (Phi) is 4.34. The minimum Gasteiger partial charge on any atom is -0.373 e. The number of anilines is 2. The number of carbonyl (C=O) groups excluding carboxylic acids is 1. The van der Waals surface area contributed by atoms with E-state index in [1.54, 1.807) is 31.3 Å². The molecule has 0 atom stereocenters. The van der Waals surface area contributed by atoms with Crippen LogP contribution in [0, 0.1) is 10.1 Å². The summed E-state index contributed by atoms with van der Waals surface area (Å²) in [5.74, 6) is -0.279. The fourth-order valence-electron chi connectivity index (χ4n) is 1.66. The highest BCUT2D eigenvalue weighted by Gasteiger charge is 2.22. The van der Waals surface area contributed by atoms with Crippen LogP contribution < -0.4 is 10.6 Å². The van der Waals surface area contributed by atoms with Gasteiger partial charge in [0.15, 0.2) is 0 Å². The van der Waals surface area contributed by atoms with E-state index < -0.39 is 10.8 Å². The average Bonchev–Trinajstić information content (AvgIpc) is 2.48. The zero-order valence-electron chi connectivity index (χ0n) is 11.0. The van der Waals surface area contributed by atoms with E-state index in [0.717, 1.165) is 6.20 Å². The Morgan fingerprint density at radius 2 is 2.10 bits per heavy atom. The molecule has 2 aromatic rings. The first-order valence-corrected chi connectivity index (χ1v) is 6.29. The van der Waals surface area contributed by atoms with Crippen LogP contribution in [0.4, 0.5) is 17.2 Å². The number of pyridine rings is 1. The molecule has 0 fully saturated rings. The summed E-state index contributed by atoms with van der Waals surface area (Å²) < 4.78 is 0. The molecule has 1 amide bonds. The largest absolute Gasteiger partial charge is 0.373 e. The first kappa shape index (κ1) is 14.7. The summed E-state index contributed by atoms with van der Waals surface area (Å²) >= 11 is 5.94. The van der Waals surface area contributed by atoms with Gasteiger partial charge in [-0.2, -0.15) is 0 Å². The van der Waals surface area contributed by atoms with Crippen molar-refractivity contribution >= 4 is 34.7 Å². The molecule has 7 nitrogen and oxygen atoms in total. The highest BCUT2D eigenvalue weighted by molar-refractivity contribution is 6.34. The van der Waals surface area contributed by atoms with Gasteiger partial charge in [-0.05, 0) is 12.1 Å². The molecule has 0 spiro atoms. The SMILES string of the molecule is CNc1cc(C(=O)Nc2ccccc2Cl)c([N+](=O)[O-])cn1. The maximum Gasteiger partial charge on any atom is 0.300 e. The van der Waals surface area contributed by atoms with Crippen molar-refractivity contribution in [2.75, 3.05) is 17.7 Å². The van der Waals surface area contributed by atoms with Gasteiger partial charge in [0.2, 0.25) is 0 Å². The van der Waals surface area contributed by atoms with E-state index >= 15 is 0 Å². The molecule has 0 aliphatic rings. The normalized spacial score (nSPS) is 10.0. The molecule has 0 aliphatic heterocycles. The lowest BCUT2D eigenvalue weighted by Crippen LogP contribution is -2.15. The Labute approximate surface area is 125 Å². The van der Waals surface area contributed by atoms with Crippen LogP contribution in [-0.2, 0) is 0 Å². The lowest BCUT2D eigenvalue weighted by Gasteiger charge is -2.08. The van der Waals surface area contributed by atoms with Gasteiger partial charge in [0.05, 0.1) is 15.6 Å². The van der Waals surface area contributed by atoms with Crippen molar-refractivity contribution in [1.82, 2.24) is 4.98 Å². The fourth-order valence-corrected chi connectivity index (χ4v) is 1.85. The van der Waals surface area contributed by atoms with Crippen LogP contribution in [0.1, 0.15) is 10.4 Å². The molecule has 0 aliphatic carbocycles. The number of benzene rings is 1. The Morgan fingerprint density at radius 3 is 2.71 bits per heavy atom. The standard InChI is InChI=1S/C13H11ClN4O3/c1-15-12-6-8(11(7-16-12)18(20)21)13(19)17-10-5-3-2-4-9(10)14/h2-7H,1H3,(H,15,16)(H,17,19). The summed E-state index contributed by atoms with van der Waals surface area (Å²) in [5, 5.41) is 16.6. The van der Waals surface area contributed by atoms with Gasteiger partial charge in [0.1, 0.15) is 17.6 Å². The number of amides is 1. The molecule has 8 heteroatoms. The van der Waals surface area contributed by atoms with Gasteiger partial charge in [-0.3, -0.25) is 14.9 Å². The third-order valence-electron chi connectivity index (χ3n) is 2.70. The number of carbonyl (C=O) groups is 1. The highest BCUT2D eigenvalue weighted by atomic mass is 35.5. The topological polar surface area (TPSA) is 97.2 Å². The number of rotatable bonds is 4. The van der Waals surface area contributed by atoms with E-state index in [4.69, 9.17) is 11.6 Å². The Hall–Kier alpha value is -2.67. The van der Waals surface area contributed by atoms with Crippen molar-refractivity contribution in [3.63, 3.8) is 0 Å². The molecular formula is C13H11ClN4O3. The minimum atomic E-state index is -0.659. The average molecular weight is 307 g/mol. The molecule has 0 saturated carbocycles. The van der Waals surface area contributed by atoms with Gasteiger partial charge in [0, 0.05) is 13.1 Å². The van der Waals surface area contributed by atoms with E-state index in [0.29, 0.717) is 16.5 Å². The van der Waals surface area contributed by atoms with E-state index in [1.807, 2.05) is 0 Å². The second-order valence-corrected chi connectivity index (χ2v) is 4.43. The van der Waals surface area contributed by atoms with Gasteiger partial charge in [-0.1, -0.05) is 23.7 Å². The second kappa shape index (κ2) is 6.19. The van der Waals surface area contributed by atoms with Crippen LogP contribution >= 0.6 is 11.6 Å². The van der Waals surface area contributed by atoms with Crippen molar-refractivity contribution < 1.29 is 9.72 Å². The quantitative estimate of drug-likeness (QED) is 0.668. The van der Waals surface area contributed by atoms with Crippen molar-refractivity contribution in [2.45, 2.75) is 0 Å². The molecule has 0 radical (unpaired) electrons. The third-order valence-corrected chi connectivity index (χ3v) is 3.03.